The summed E-state index contributed by atoms with van der Waals surface area (Å²) in [6, 6.07) is 1.25. The molecule has 20 heavy (non-hydrogen) atoms. The molecule has 0 saturated heterocycles. The van der Waals surface area contributed by atoms with Crippen molar-refractivity contribution in [2.75, 3.05) is 0 Å². The van der Waals surface area contributed by atoms with Gasteiger partial charge in [0.1, 0.15) is 17.2 Å². The van der Waals surface area contributed by atoms with Gasteiger partial charge in [-0.2, -0.15) is 0 Å². The Bertz CT molecular complexity index is 580. The molecule has 0 amide bonds. The maximum Gasteiger partial charge on any atom is 0.306 e. The molecule has 0 aromatic carbocycles. The molecule has 1 fully saturated rings. The van der Waals surface area contributed by atoms with E-state index < -0.39 is 21.9 Å². The number of sulfonamides is 1. The van der Waals surface area contributed by atoms with Gasteiger partial charge in [-0.3, -0.25) is 4.79 Å². The lowest BCUT2D eigenvalue weighted by Gasteiger charge is -2.26. The second-order valence-electron chi connectivity index (χ2n) is 5.20. The Kier molecular flexibility index (Phi) is 4.44. The molecule has 0 bridgehead atoms. The summed E-state index contributed by atoms with van der Waals surface area (Å²) in [4.78, 5) is 11.0. The molecule has 0 radical (unpaired) electrons. The standard InChI is InChI=1S/C12H18N2O5S/c1-8-5-11(13-19-8)7-20(17,18)14-10-4-2-3-9(6-10)12(15)16/h5,9-10,14H,2-4,6-7H2,1H3,(H,15,16). The minimum Gasteiger partial charge on any atom is -0.481 e. The summed E-state index contributed by atoms with van der Waals surface area (Å²) in [6.45, 7) is 1.69. The third kappa shape index (κ3) is 4.04. The van der Waals surface area contributed by atoms with Crippen LogP contribution in [0.3, 0.4) is 0 Å². The Morgan fingerprint density at radius 1 is 1.55 bits per heavy atom. The van der Waals surface area contributed by atoms with Gasteiger partial charge in [-0.05, 0) is 26.2 Å². The number of carbonyl (C=O) groups is 1. The van der Waals surface area contributed by atoms with E-state index in [0.29, 0.717) is 37.1 Å². The Morgan fingerprint density at radius 3 is 2.90 bits per heavy atom. The van der Waals surface area contributed by atoms with Gasteiger partial charge in [-0.25, -0.2) is 13.1 Å². The molecule has 1 aromatic rings. The van der Waals surface area contributed by atoms with Crippen LogP contribution in [0.2, 0.25) is 0 Å². The number of hydrogen-bond acceptors (Lipinski definition) is 5. The summed E-state index contributed by atoms with van der Waals surface area (Å²) in [5.74, 6) is -1.02. The lowest BCUT2D eigenvalue weighted by molar-refractivity contribution is -0.143. The maximum absolute atomic E-state index is 12.0. The fourth-order valence-electron chi connectivity index (χ4n) is 2.50. The lowest BCUT2D eigenvalue weighted by Crippen LogP contribution is -2.40. The zero-order chi connectivity index (χ0) is 14.8. The molecule has 1 saturated carbocycles. The minimum atomic E-state index is -3.54. The van der Waals surface area contributed by atoms with Crippen LogP contribution in [0, 0.1) is 12.8 Å². The van der Waals surface area contributed by atoms with Crippen molar-refractivity contribution in [3.05, 3.63) is 17.5 Å². The van der Waals surface area contributed by atoms with Crippen molar-refractivity contribution in [1.82, 2.24) is 9.88 Å². The first-order chi connectivity index (χ1) is 9.35. The zero-order valence-corrected chi connectivity index (χ0v) is 12.0. The van der Waals surface area contributed by atoms with E-state index in [4.69, 9.17) is 9.63 Å². The van der Waals surface area contributed by atoms with E-state index in [1.54, 1.807) is 13.0 Å². The summed E-state index contributed by atoms with van der Waals surface area (Å²) in [6.07, 6.45) is 2.33. The normalized spacial score (nSPS) is 23.6. The molecule has 1 aromatic heterocycles. The Balaban J connectivity index is 1.95. The molecular formula is C12H18N2O5S. The molecule has 1 aliphatic rings. The maximum atomic E-state index is 12.0. The van der Waals surface area contributed by atoms with E-state index in [0.717, 1.165) is 0 Å². The third-order valence-corrected chi connectivity index (χ3v) is 4.75. The van der Waals surface area contributed by atoms with Gasteiger partial charge in [0.15, 0.2) is 0 Å². The van der Waals surface area contributed by atoms with Crippen molar-refractivity contribution >= 4 is 16.0 Å². The predicted molar refractivity (Wildman–Crippen MR) is 70.4 cm³/mol. The highest BCUT2D eigenvalue weighted by molar-refractivity contribution is 7.88. The molecule has 7 nitrogen and oxygen atoms in total. The van der Waals surface area contributed by atoms with Gasteiger partial charge >= 0.3 is 5.97 Å². The Hall–Kier alpha value is -1.41. The van der Waals surface area contributed by atoms with E-state index >= 15 is 0 Å². The molecular weight excluding hydrogens is 284 g/mol. The first-order valence-electron chi connectivity index (χ1n) is 6.51. The summed E-state index contributed by atoms with van der Waals surface area (Å²) in [5, 5.41) is 12.6. The molecule has 1 heterocycles. The third-order valence-electron chi connectivity index (χ3n) is 3.38. The number of aromatic nitrogens is 1. The topological polar surface area (TPSA) is 110 Å². The Labute approximate surface area is 117 Å². The van der Waals surface area contributed by atoms with Crippen molar-refractivity contribution in [3.8, 4) is 0 Å². The zero-order valence-electron chi connectivity index (χ0n) is 11.2. The van der Waals surface area contributed by atoms with Crippen LogP contribution >= 0.6 is 0 Å². The average Bonchev–Trinajstić information content (AvgIpc) is 2.73. The predicted octanol–water partition coefficient (Wildman–Crippen LogP) is 1.05. The van der Waals surface area contributed by atoms with Crippen molar-refractivity contribution in [3.63, 3.8) is 0 Å². The van der Waals surface area contributed by atoms with Crippen LogP contribution in [-0.2, 0) is 20.6 Å². The van der Waals surface area contributed by atoms with Gasteiger partial charge in [0.05, 0.1) is 5.92 Å². The summed E-state index contributed by atoms with van der Waals surface area (Å²) in [5.41, 5.74) is 0.348. The van der Waals surface area contributed by atoms with Gasteiger partial charge in [0, 0.05) is 12.1 Å². The molecule has 2 N–H and O–H groups in total. The molecule has 8 heteroatoms. The lowest BCUT2D eigenvalue weighted by atomic mass is 9.86. The second-order valence-corrected chi connectivity index (χ2v) is 6.96. The van der Waals surface area contributed by atoms with Gasteiger partial charge in [0.2, 0.25) is 10.0 Å². The van der Waals surface area contributed by atoms with Crippen molar-refractivity contribution in [2.45, 2.75) is 44.4 Å². The molecule has 2 unspecified atom stereocenters. The van der Waals surface area contributed by atoms with E-state index in [1.807, 2.05) is 0 Å². The monoisotopic (exact) mass is 302 g/mol. The van der Waals surface area contributed by atoms with Crippen molar-refractivity contribution < 1.29 is 22.8 Å². The van der Waals surface area contributed by atoms with E-state index in [2.05, 4.69) is 9.88 Å². The molecule has 2 rings (SSSR count). The number of hydrogen-bond donors (Lipinski definition) is 2. The Morgan fingerprint density at radius 2 is 2.30 bits per heavy atom. The van der Waals surface area contributed by atoms with Crippen LogP contribution in [0.5, 0.6) is 0 Å². The van der Waals surface area contributed by atoms with Gasteiger partial charge in [0.25, 0.3) is 0 Å². The summed E-state index contributed by atoms with van der Waals surface area (Å²) in [7, 11) is -3.54. The number of nitrogens with one attached hydrogen (secondary N) is 1. The smallest absolute Gasteiger partial charge is 0.306 e. The highest BCUT2D eigenvalue weighted by Crippen LogP contribution is 2.25. The SMILES string of the molecule is Cc1cc(CS(=O)(=O)NC2CCCC(C(=O)O)C2)no1. The molecule has 0 aliphatic heterocycles. The largest absolute Gasteiger partial charge is 0.481 e. The average molecular weight is 302 g/mol. The van der Waals surface area contributed by atoms with Crippen LogP contribution in [0.25, 0.3) is 0 Å². The van der Waals surface area contributed by atoms with Crippen molar-refractivity contribution in [1.29, 1.82) is 0 Å². The number of carboxylic acid groups (broad SMARTS) is 1. The molecule has 0 spiro atoms. The number of carboxylic acids is 1. The van der Waals surface area contributed by atoms with Crippen LogP contribution in [0.4, 0.5) is 0 Å². The summed E-state index contributed by atoms with van der Waals surface area (Å²) >= 11 is 0. The first-order valence-corrected chi connectivity index (χ1v) is 8.16. The first kappa shape index (κ1) is 15.0. The second kappa shape index (κ2) is 5.92. The summed E-state index contributed by atoms with van der Waals surface area (Å²) < 4.78 is 31.4. The number of aliphatic carboxylic acids is 1. The van der Waals surface area contributed by atoms with Crippen LogP contribution < -0.4 is 4.72 Å². The number of rotatable bonds is 5. The van der Waals surface area contributed by atoms with Gasteiger partial charge in [-0.15, -0.1) is 0 Å². The molecule has 2 atom stereocenters. The van der Waals surface area contributed by atoms with Crippen LogP contribution in [0.1, 0.15) is 37.1 Å². The van der Waals surface area contributed by atoms with E-state index in [9.17, 15) is 13.2 Å². The number of nitrogens with zero attached hydrogens (tertiary/aromatic N) is 1. The highest BCUT2D eigenvalue weighted by Gasteiger charge is 2.29. The minimum absolute atomic E-state index is 0.251. The molecule has 112 valence electrons. The van der Waals surface area contributed by atoms with Gasteiger partial charge < -0.3 is 9.63 Å². The fourth-order valence-corrected chi connectivity index (χ4v) is 3.83. The van der Waals surface area contributed by atoms with E-state index in [1.165, 1.54) is 0 Å². The quantitative estimate of drug-likeness (QED) is 0.841. The fraction of sp³-hybridized carbons (Fsp3) is 0.667. The number of aryl methyl sites for hydroxylation is 1. The molecule has 1 aliphatic carbocycles. The van der Waals surface area contributed by atoms with E-state index in [-0.39, 0.29) is 11.8 Å². The highest BCUT2D eigenvalue weighted by atomic mass is 32.2. The van der Waals surface area contributed by atoms with Crippen molar-refractivity contribution in [2.24, 2.45) is 5.92 Å². The van der Waals surface area contributed by atoms with Crippen LogP contribution in [0.15, 0.2) is 10.6 Å². The van der Waals surface area contributed by atoms with Crippen LogP contribution in [-0.4, -0.2) is 30.7 Å². The van der Waals surface area contributed by atoms with Gasteiger partial charge in [-0.1, -0.05) is 11.6 Å².